The second kappa shape index (κ2) is 4.45. The minimum atomic E-state index is 1.05. The predicted molar refractivity (Wildman–Crippen MR) is 56.7 cm³/mol. The van der Waals surface area contributed by atoms with Gasteiger partial charge in [0.05, 0.1) is 0 Å². The number of nitrogens with one attached hydrogen (secondary N) is 1. The molecule has 0 radical (unpaired) electrons. The minimum Gasteiger partial charge on any atom is -0.316 e. The standard InChI is InChI=1S/C12H23N/c1-2-3-8-13-9-12(10-4-5-10)11-6-7-11/h10-13H,2-9H2,1H3. The van der Waals surface area contributed by atoms with Gasteiger partial charge in [0.25, 0.3) is 0 Å². The number of hydrogen-bond donors (Lipinski definition) is 1. The van der Waals surface area contributed by atoms with Crippen molar-refractivity contribution in [2.75, 3.05) is 13.1 Å². The highest BCUT2D eigenvalue weighted by molar-refractivity contribution is 4.92. The van der Waals surface area contributed by atoms with E-state index in [9.17, 15) is 0 Å². The molecule has 0 amide bonds. The third kappa shape index (κ3) is 2.98. The molecule has 2 saturated carbocycles. The zero-order chi connectivity index (χ0) is 9.10. The maximum atomic E-state index is 3.63. The molecular weight excluding hydrogens is 158 g/mol. The summed E-state index contributed by atoms with van der Waals surface area (Å²) >= 11 is 0. The van der Waals surface area contributed by atoms with Crippen LogP contribution < -0.4 is 5.32 Å². The van der Waals surface area contributed by atoms with E-state index in [1.807, 2.05) is 0 Å². The van der Waals surface area contributed by atoms with Crippen LogP contribution in [0, 0.1) is 17.8 Å². The Morgan fingerprint density at radius 2 is 1.77 bits per heavy atom. The Morgan fingerprint density at radius 3 is 2.23 bits per heavy atom. The quantitative estimate of drug-likeness (QED) is 0.596. The Morgan fingerprint density at radius 1 is 1.15 bits per heavy atom. The molecule has 2 aliphatic carbocycles. The van der Waals surface area contributed by atoms with Crippen LogP contribution in [0.1, 0.15) is 45.4 Å². The first-order chi connectivity index (χ1) is 6.42. The van der Waals surface area contributed by atoms with E-state index in [2.05, 4.69) is 12.2 Å². The molecule has 0 aromatic rings. The van der Waals surface area contributed by atoms with Crippen LogP contribution in [0.4, 0.5) is 0 Å². The van der Waals surface area contributed by atoms with Gasteiger partial charge in [0.2, 0.25) is 0 Å². The van der Waals surface area contributed by atoms with Gasteiger partial charge in [-0.3, -0.25) is 0 Å². The first kappa shape index (κ1) is 9.51. The Kier molecular flexibility index (Phi) is 3.26. The lowest BCUT2D eigenvalue weighted by molar-refractivity contribution is 0.378. The van der Waals surface area contributed by atoms with E-state index in [0.717, 1.165) is 17.8 Å². The number of rotatable bonds is 7. The Bertz CT molecular complexity index is 135. The van der Waals surface area contributed by atoms with Crippen molar-refractivity contribution < 1.29 is 0 Å². The van der Waals surface area contributed by atoms with E-state index < -0.39 is 0 Å². The van der Waals surface area contributed by atoms with Crippen LogP contribution in [-0.2, 0) is 0 Å². The molecule has 0 heterocycles. The molecule has 0 spiro atoms. The van der Waals surface area contributed by atoms with Crippen LogP contribution in [-0.4, -0.2) is 13.1 Å². The molecular formula is C12H23N. The zero-order valence-electron chi connectivity index (χ0n) is 8.89. The Balaban J connectivity index is 1.59. The van der Waals surface area contributed by atoms with Crippen molar-refractivity contribution in [1.29, 1.82) is 0 Å². The van der Waals surface area contributed by atoms with Gasteiger partial charge >= 0.3 is 0 Å². The van der Waals surface area contributed by atoms with Gasteiger partial charge < -0.3 is 5.32 Å². The fourth-order valence-corrected chi connectivity index (χ4v) is 2.34. The molecule has 2 fully saturated rings. The summed E-state index contributed by atoms with van der Waals surface area (Å²) in [4.78, 5) is 0. The molecule has 0 unspecified atom stereocenters. The minimum absolute atomic E-state index is 1.05. The molecule has 1 nitrogen and oxygen atoms in total. The monoisotopic (exact) mass is 181 g/mol. The first-order valence-corrected chi connectivity index (χ1v) is 6.12. The molecule has 2 aliphatic rings. The van der Waals surface area contributed by atoms with E-state index in [4.69, 9.17) is 0 Å². The van der Waals surface area contributed by atoms with Crippen LogP contribution in [0.25, 0.3) is 0 Å². The first-order valence-electron chi connectivity index (χ1n) is 6.12. The van der Waals surface area contributed by atoms with E-state index in [1.165, 1.54) is 51.6 Å². The molecule has 0 saturated heterocycles. The smallest absolute Gasteiger partial charge is 0.00152 e. The highest BCUT2D eigenvalue weighted by Crippen LogP contribution is 2.48. The van der Waals surface area contributed by atoms with Crippen LogP contribution in [0.15, 0.2) is 0 Å². The van der Waals surface area contributed by atoms with Gasteiger partial charge in [-0.25, -0.2) is 0 Å². The zero-order valence-corrected chi connectivity index (χ0v) is 8.89. The highest BCUT2D eigenvalue weighted by Gasteiger charge is 2.40. The van der Waals surface area contributed by atoms with Gasteiger partial charge in [-0.05, 0) is 62.9 Å². The van der Waals surface area contributed by atoms with Gasteiger partial charge in [-0.15, -0.1) is 0 Å². The molecule has 1 N–H and O–H groups in total. The molecule has 0 aromatic carbocycles. The average Bonchev–Trinajstić information content (AvgIpc) is 2.99. The van der Waals surface area contributed by atoms with Crippen molar-refractivity contribution >= 4 is 0 Å². The molecule has 0 aliphatic heterocycles. The molecule has 0 atom stereocenters. The maximum Gasteiger partial charge on any atom is -0.00152 e. The normalized spacial score (nSPS) is 22.6. The third-order valence-electron chi connectivity index (χ3n) is 3.54. The molecule has 0 aromatic heterocycles. The van der Waals surface area contributed by atoms with Gasteiger partial charge in [0.15, 0.2) is 0 Å². The lowest BCUT2D eigenvalue weighted by atomic mass is 9.98. The van der Waals surface area contributed by atoms with E-state index in [0.29, 0.717) is 0 Å². The Labute approximate surface area is 82.3 Å². The van der Waals surface area contributed by atoms with Crippen LogP contribution in [0.3, 0.4) is 0 Å². The summed E-state index contributed by atoms with van der Waals surface area (Å²) in [6.45, 7) is 4.82. The summed E-state index contributed by atoms with van der Waals surface area (Å²) in [5, 5.41) is 3.63. The predicted octanol–water partition coefficient (Wildman–Crippen LogP) is 2.81. The Hall–Kier alpha value is -0.0400. The second-order valence-electron chi connectivity index (χ2n) is 4.90. The summed E-state index contributed by atoms with van der Waals surface area (Å²) in [5.74, 6) is 3.28. The summed E-state index contributed by atoms with van der Waals surface area (Å²) in [5.41, 5.74) is 0. The second-order valence-corrected chi connectivity index (χ2v) is 4.90. The van der Waals surface area contributed by atoms with Crippen molar-refractivity contribution in [1.82, 2.24) is 5.32 Å². The summed E-state index contributed by atoms with van der Waals surface area (Å²) < 4.78 is 0. The van der Waals surface area contributed by atoms with Gasteiger partial charge in [0.1, 0.15) is 0 Å². The van der Waals surface area contributed by atoms with Gasteiger partial charge in [0, 0.05) is 0 Å². The fourth-order valence-electron chi connectivity index (χ4n) is 2.34. The summed E-state index contributed by atoms with van der Waals surface area (Å²) in [6.07, 6.45) is 8.77. The third-order valence-corrected chi connectivity index (χ3v) is 3.54. The highest BCUT2D eigenvalue weighted by atomic mass is 14.9. The lowest BCUT2D eigenvalue weighted by Crippen LogP contribution is -2.26. The summed E-state index contributed by atoms with van der Waals surface area (Å²) in [7, 11) is 0. The van der Waals surface area contributed by atoms with Gasteiger partial charge in [-0.1, -0.05) is 13.3 Å². The summed E-state index contributed by atoms with van der Waals surface area (Å²) in [6, 6.07) is 0. The topological polar surface area (TPSA) is 12.0 Å². The fraction of sp³-hybridized carbons (Fsp3) is 1.00. The van der Waals surface area contributed by atoms with Crippen LogP contribution in [0.5, 0.6) is 0 Å². The SMILES string of the molecule is CCCCNCC(C1CC1)C1CC1. The van der Waals surface area contributed by atoms with Crippen molar-refractivity contribution in [2.24, 2.45) is 17.8 Å². The molecule has 76 valence electrons. The molecule has 1 heteroatoms. The lowest BCUT2D eigenvalue weighted by Gasteiger charge is -2.15. The molecule has 0 bridgehead atoms. The van der Waals surface area contributed by atoms with Crippen molar-refractivity contribution in [3.05, 3.63) is 0 Å². The number of hydrogen-bond acceptors (Lipinski definition) is 1. The maximum absolute atomic E-state index is 3.63. The molecule has 2 rings (SSSR count). The largest absolute Gasteiger partial charge is 0.316 e. The van der Waals surface area contributed by atoms with Crippen LogP contribution >= 0.6 is 0 Å². The van der Waals surface area contributed by atoms with E-state index in [-0.39, 0.29) is 0 Å². The van der Waals surface area contributed by atoms with Crippen molar-refractivity contribution in [3.63, 3.8) is 0 Å². The van der Waals surface area contributed by atoms with Crippen molar-refractivity contribution in [3.8, 4) is 0 Å². The van der Waals surface area contributed by atoms with Crippen LogP contribution in [0.2, 0.25) is 0 Å². The molecule has 13 heavy (non-hydrogen) atoms. The average molecular weight is 181 g/mol. The van der Waals surface area contributed by atoms with Gasteiger partial charge in [-0.2, -0.15) is 0 Å². The number of unbranched alkanes of at least 4 members (excludes halogenated alkanes) is 1. The van der Waals surface area contributed by atoms with E-state index in [1.54, 1.807) is 0 Å². The van der Waals surface area contributed by atoms with E-state index >= 15 is 0 Å². The van der Waals surface area contributed by atoms with Crippen molar-refractivity contribution in [2.45, 2.75) is 45.4 Å².